The molecule has 2 aromatic rings. The SMILES string of the molecule is Cc1ccc(-n2nnnc2SCC(=O)NC(=O)N[C@@H](C)[C@H]2C[C@H]3CC[C@H]2C3)cc1. The number of aryl methyl sites for hydroxylation is 1. The molecule has 2 N–H and O–H groups in total. The molecule has 1 aromatic heterocycles. The number of tetrazole rings is 1. The van der Waals surface area contributed by atoms with Gasteiger partial charge in [-0.15, -0.1) is 5.10 Å². The number of urea groups is 1. The molecule has 0 saturated heterocycles. The molecule has 1 heterocycles. The smallest absolute Gasteiger partial charge is 0.321 e. The van der Waals surface area contributed by atoms with E-state index in [1.54, 1.807) is 4.68 Å². The van der Waals surface area contributed by atoms with Crippen LogP contribution in [-0.4, -0.2) is 43.9 Å². The number of fused-ring (bicyclic) bond motifs is 2. The molecule has 9 heteroatoms. The highest BCUT2D eigenvalue weighted by atomic mass is 32.2. The van der Waals surface area contributed by atoms with E-state index in [9.17, 15) is 9.59 Å². The molecule has 2 bridgehead atoms. The summed E-state index contributed by atoms with van der Waals surface area (Å²) in [5, 5.41) is 17.5. The molecule has 2 fully saturated rings. The van der Waals surface area contributed by atoms with Crippen molar-refractivity contribution in [2.45, 2.75) is 50.7 Å². The highest BCUT2D eigenvalue weighted by Gasteiger charge is 2.42. The van der Waals surface area contributed by atoms with Crippen LogP contribution in [0.1, 0.15) is 38.2 Å². The van der Waals surface area contributed by atoms with E-state index in [2.05, 4.69) is 26.2 Å². The van der Waals surface area contributed by atoms with Crippen LogP contribution >= 0.6 is 11.8 Å². The van der Waals surface area contributed by atoms with E-state index in [0.29, 0.717) is 11.1 Å². The fourth-order valence-corrected chi connectivity index (χ4v) is 5.36. The summed E-state index contributed by atoms with van der Waals surface area (Å²) in [4.78, 5) is 24.4. The zero-order valence-electron chi connectivity index (χ0n) is 16.7. The fraction of sp³-hybridized carbons (Fsp3) is 0.550. The Balaban J connectivity index is 1.26. The zero-order chi connectivity index (χ0) is 20.4. The zero-order valence-corrected chi connectivity index (χ0v) is 17.5. The first kappa shape index (κ1) is 19.9. The van der Waals surface area contributed by atoms with Crippen LogP contribution in [0.2, 0.25) is 0 Å². The van der Waals surface area contributed by atoms with Gasteiger partial charge in [0.05, 0.1) is 11.4 Å². The van der Waals surface area contributed by atoms with Crippen molar-refractivity contribution in [1.29, 1.82) is 0 Å². The first-order chi connectivity index (χ1) is 14.0. The quantitative estimate of drug-likeness (QED) is 0.705. The Bertz CT molecular complexity index is 883. The van der Waals surface area contributed by atoms with E-state index >= 15 is 0 Å². The number of thioether (sulfide) groups is 1. The molecule has 1 aromatic carbocycles. The van der Waals surface area contributed by atoms with Crippen LogP contribution in [0, 0.1) is 24.7 Å². The molecule has 0 unspecified atom stereocenters. The van der Waals surface area contributed by atoms with E-state index in [0.717, 1.165) is 23.1 Å². The van der Waals surface area contributed by atoms with Gasteiger partial charge in [0.15, 0.2) is 0 Å². The van der Waals surface area contributed by atoms with Gasteiger partial charge in [0.1, 0.15) is 0 Å². The molecular formula is C20H26N6O2S. The van der Waals surface area contributed by atoms with Gasteiger partial charge in [0, 0.05) is 6.04 Å². The van der Waals surface area contributed by atoms with Gasteiger partial charge in [-0.2, -0.15) is 4.68 Å². The Hall–Kier alpha value is -2.42. The van der Waals surface area contributed by atoms with Crippen LogP contribution in [0.25, 0.3) is 5.69 Å². The Morgan fingerprint density at radius 2 is 2.03 bits per heavy atom. The molecule has 29 heavy (non-hydrogen) atoms. The van der Waals surface area contributed by atoms with Crippen LogP contribution in [0.4, 0.5) is 4.79 Å². The number of nitrogens with one attached hydrogen (secondary N) is 2. The average molecular weight is 415 g/mol. The monoisotopic (exact) mass is 414 g/mol. The highest BCUT2D eigenvalue weighted by molar-refractivity contribution is 7.99. The standard InChI is InChI=1S/C20H26N6O2S/c1-12-3-7-16(8-4-12)26-20(23-24-25-26)29-11-18(27)22-19(28)21-13(2)17-10-14-5-6-15(17)9-14/h3-4,7-8,13-15,17H,5-6,9-11H2,1-2H3,(H2,21,22,27,28)/t13-,14-,15-,17+/m0/s1. The number of carbonyl (C=O) groups excluding carboxylic acids is 2. The first-order valence-corrected chi connectivity index (χ1v) is 11.1. The molecule has 0 aliphatic heterocycles. The summed E-state index contributed by atoms with van der Waals surface area (Å²) in [6, 6.07) is 7.43. The van der Waals surface area contributed by atoms with Crippen molar-refractivity contribution < 1.29 is 9.59 Å². The van der Waals surface area contributed by atoms with Crippen molar-refractivity contribution in [2.24, 2.45) is 17.8 Å². The van der Waals surface area contributed by atoms with Gasteiger partial charge in [-0.05, 0) is 73.4 Å². The molecular weight excluding hydrogens is 388 g/mol. The lowest BCUT2D eigenvalue weighted by molar-refractivity contribution is -0.117. The lowest BCUT2D eigenvalue weighted by Crippen LogP contribution is -2.47. The maximum Gasteiger partial charge on any atom is 0.321 e. The van der Waals surface area contributed by atoms with E-state index in [4.69, 9.17) is 0 Å². The number of nitrogens with zero attached hydrogens (tertiary/aromatic N) is 4. The normalized spacial score (nSPS) is 23.7. The summed E-state index contributed by atoms with van der Waals surface area (Å²) >= 11 is 1.19. The van der Waals surface area contributed by atoms with Crippen molar-refractivity contribution in [1.82, 2.24) is 30.8 Å². The molecule has 2 saturated carbocycles. The minimum atomic E-state index is -0.427. The molecule has 8 nitrogen and oxygen atoms in total. The largest absolute Gasteiger partial charge is 0.335 e. The molecule has 2 aliphatic carbocycles. The summed E-state index contributed by atoms with van der Waals surface area (Å²) in [6.45, 7) is 4.05. The number of hydrogen-bond donors (Lipinski definition) is 2. The van der Waals surface area contributed by atoms with Crippen LogP contribution in [-0.2, 0) is 4.79 Å². The van der Waals surface area contributed by atoms with Crippen LogP contribution in [0.3, 0.4) is 0 Å². The van der Waals surface area contributed by atoms with E-state index in [1.807, 2.05) is 38.1 Å². The fourth-order valence-electron chi connectivity index (χ4n) is 4.67. The topological polar surface area (TPSA) is 102 Å². The van der Waals surface area contributed by atoms with Gasteiger partial charge >= 0.3 is 6.03 Å². The molecule has 4 rings (SSSR count). The number of aromatic nitrogens is 4. The van der Waals surface area contributed by atoms with E-state index < -0.39 is 6.03 Å². The van der Waals surface area contributed by atoms with Crippen molar-refractivity contribution in [3.8, 4) is 5.69 Å². The molecule has 3 amide bonds. The number of benzene rings is 1. The molecule has 0 radical (unpaired) electrons. The third-order valence-electron chi connectivity index (χ3n) is 6.10. The van der Waals surface area contributed by atoms with Gasteiger partial charge in [-0.3, -0.25) is 10.1 Å². The van der Waals surface area contributed by atoms with Gasteiger partial charge in [-0.25, -0.2) is 4.79 Å². The maximum atomic E-state index is 12.2. The van der Waals surface area contributed by atoms with Crippen molar-refractivity contribution in [2.75, 3.05) is 5.75 Å². The molecule has 2 aliphatic rings. The lowest BCUT2D eigenvalue weighted by atomic mass is 9.84. The van der Waals surface area contributed by atoms with Crippen LogP contribution in [0.5, 0.6) is 0 Å². The van der Waals surface area contributed by atoms with Crippen LogP contribution < -0.4 is 10.6 Å². The van der Waals surface area contributed by atoms with Gasteiger partial charge in [0.2, 0.25) is 11.1 Å². The van der Waals surface area contributed by atoms with Crippen molar-refractivity contribution in [3.63, 3.8) is 0 Å². The number of carbonyl (C=O) groups is 2. The third-order valence-corrected chi connectivity index (χ3v) is 7.02. The first-order valence-electron chi connectivity index (χ1n) is 10.1. The van der Waals surface area contributed by atoms with Gasteiger partial charge < -0.3 is 5.32 Å². The minimum absolute atomic E-state index is 0.0577. The Kier molecular flexibility index (Phi) is 5.84. The third kappa shape index (κ3) is 4.60. The van der Waals surface area contributed by atoms with Crippen molar-refractivity contribution in [3.05, 3.63) is 29.8 Å². The molecule has 0 spiro atoms. The van der Waals surface area contributed by atoms with E-state index in [-0.39, 0.29) is 17.7 Å². The van der Waals surface area contributed by atoms with Crippen LogP contribution in [0.15, 0.2) is 29.4 Å². The van der Waals surface area contributed by atoms with Gasteiger partial charge in [0.25, 0.3) is 0 Å². The summed E-state index contributed by atoms with van der Waals surface area (Å²) in [6.07, 6.45) is 5.09. The predicted molar refractivity (Wildman–Crippen MR) is 110 cm³/mol. The minimum Gasteiger partial charge on any atom is -0.335 e. The van der Waals surface area contributed by atoms with Crippen molar-refractivity contribution >= 4 is 23.7 Å². The highest BCUT2D eigenvalue weighted by Crippen LogP contribution is 2.49. The number of rotatable bonds is 6. The maximum absolute atomic E-state index is 12.2. The number of hydrogen-bond acceptors (Lipinski definition) is 6. The number of imide groups is 1. The number of amides is 3. The molecule has 154 valence electrons. The van der Waals surface area contributed by atoms with Gasteiger partial charge in [-0.1, -0.05) is 35.9 Å². The second-order valence-electron chi connectivity index (χ2n) is 8.15. The summed E-state index contributed by atoms with van der Waals surface area (Å²) in [7, 11) is 0. The predicted octanol–water partition coefficient (Wildman–Crippen LogP) is 2.71. The Labute approximate surface area is 174 Å². The second-order valence-corrected chi connectivity index (χ2v) is 9.09. The Morgan fingerprint density at radius 1 is 1.24 bits per heavy atom. The summed E-state index contributed by atoms with van der Waals surface area (Å²) < 4.78 is 1.58. The van der Waals surface area contributed by atoms with E-state index in [1.165, 1.54) is 37.4 Å². The molecule has 4 atom stereocenters. The second kappa shape index (κ2) is 8.52. The summed E-state index contributed by atoms with van der Waals surface area (Å²) in [5.41, 5.74) is 1.96. The Morgan fingerprint density at radius 3 is 2.72 bits per heavy atom. The summed E-state index contributed by atoms with van der Waals surface area (Å²) in [5.74, 6) is 1.77. The lowest BCUT2D eigenvalue weighted by Gasteiger charge is -2.28. The average Bonchev–Trinajstić information content (AvgIpc) is 3.43.